The second kappa shape index (κ2) is 21.5. The molecule has 0 radical (unpaired) electrons. The smallest absolute Gasteiger partial charge is 0.414 e. The summed E-state index contributed by atoms with van der Waals surface area (Å²) in [7, 11) is 8.17. The first kappa shape index (κ1) is 47.2. The number of nitrogens with zero attached hydrogens (tertiary/aromatic N) is 3. The lowest BCUT2D eigenvalue weighted by Gasteiger charge is -2.32. The largest absolute Gasteiger partial charge is 0.493 e. The van der Waals surface area contributed by atoms with Crippen molar-refractivity contribution in [3.05, 3.63) is 154 Å². The van der Waals surface area contributed by atoms with Crippen molar-refractivity contribution in [2.75, 3.05) is 57.1 Å². The van der Waals surface area contributed by atoms with E-state index in [9.17, 15) is 19.2 Å². The minimum atomic E-state index is -0.624. The Bertz CT molecular complexity index is 2880. The van der Waals surface area contributed by atoms with Crippen molar-refractivity contribution < 1.29 is 47.6 Å². The summed E-state index contributed by atoms with van der Waals surface area (Å²) in [4.78, 5) is 59.8. The molecule has 6 aromatic carbocycles. The third kappa shape index (κ3) is 10.6. The maximum absolute atomic E-state index is 14.2. The molecule has 2 heterocycles. The van der Waals surface area contributed by atoms with E-state index in [4.69, 9.17) is 33.4 Å². The minimum Gasteiger partial charge on any atom is -0.493 e. The number of hydrogen-bond acceptors (Lipinski definition) is 13. The topological polar surface area (TPSA) is 167 Å². The summed E-state index contributed by atoms with van der Waals surface area (Å²) in [5, 5.41) is 5.97. The third-order valence-corrected chi connectivity index (χ3v) is 12.3. The quantitative estimate of drug-likeness (QED) is 0.0508. The molecule has 0 fully saturated rings. The number of para-hydroxylation sites is 1. The highest BCUT2D eigenvalue weighted by atomic mass is 16.6. The van der Waals surface area contributed by atoms with Gasteiger partial charge in [0.05, 0.1) is 50.4 Å². The van der Waals surface area contributed by atoms with E-state index in [1.165, 1.54) is 31.8 Å². The molecule has 15 nitrogen and oxygen atoms in total. The molecule has 354 valence electrons. The molecule has 0 aromatic heterocycles. The number of nitrogens with one attached hydrogen (secondary N) is 2. The summed E-state index contributed by atoms with van der Waals surface area (Å²) in [5.74, 6) is 0.802. The van der Waals surface area contributed by atoms with E-state index < -0.39 is 18.1 Å². The summed E-state index contributed by atoms with van der Waals surface area (Å²) in [6, 6.07) is 35.1. The molecule has 0 saturated carbocycles. The van der Waals surface area contributed by atoms with Gasteiger partial charge in [0.2, 0.25) is 6.41 Å². The summed E-state index contributed by atoms with van der Waals surface area (Å²) >= 11 is 0. The molecule has 15 heteroatoms. The van der Waals surface area contributed by atoms with Gasteiger partial charge in [0.1, 0.15) is 19.8 Å². The number of rotatable bonds is 17. The Morgan fingerprint density at radius 3 is 2.06 bits per heavy atom. The standard InChI is InChI=1S/C54H53N5O10/c1-55-41-16-14-34(15-17-41)30-69-54(63)59-28-42(57-33-61)21-37-10-6-8-12-44(37)45-24-50(65-4)52(26-48(45)59)68-32-36-18-35(19-39(20-36)53(62)66-5)31-67-51-25-46(40(29-60)23-49(51)64-3)56-27-43-22-38-11-7-9-13-47(38)58(43)2/h6-20,23-27,29,33,42-43,55H,21-22,28,30-32H2,1-5H3,(H,57,61). The zero-order valence-corrected chi connectivity index (χ0v) is 39.0. The summed E-state index contributed by atoms with van der Waals surface area (Å²) in [5.41, 5.74) is 9.27. The van der Waals surface area contributed by atoms with E-state index in [0.717, 1.165) is 40.8 Å². The van der Waals surface area contributed by atoms with Gasteiger partial charge >= 0.3 is 12.1 Å². The fraction of sp³-hybridized carbons (Fsp3) is 0.241. The first-order valence-electron chi connectivity index (χ1n) is 22.3. The second-order valence-electron chi connectivity index (χ2n) is 16.6. The van der Waals surface area contributed by atoms with Gasteiger partial charge in [-0.05, 0) is 94.8 Å². The maximum atomic E-state index is 14.2. The molecular formula is C54H53N5O10. The number of aldehydes is 1. The Morgan fingerprint density at radius 1 is 0.710 bits per heavy atom. The van der Waals surface area contributed by atoms with Crippen molar-refractivity contribution in [1.29, 1.82) is 0 Å². The average molecular weight is 932 g/mol. The van der Waals surface area contributed by atoms with E-state index >= 15 is 0 Å². The van der Waals surface area contributed by atoms with Crippen molar-refractivity contribution in [2.45, 2.75) is 44.7 Å². The number of carbonyl (C=O) groups excluding carboxylic acids is 4. The molecule has 8 rings (SSSR count). The van der Waals surface area contributed by atoms with E-state index in [2.05, 4.69) is 27.7 Å². The molecule has 0 bridgehead atoms. The van der Waals surface area contributed by atoms with Crippen LogP contribution in [0.15, 0.2) is 120 Å². The van der Waals surface area contributed by atoms with Crippen LogP contribution in [-0.4, -0.2) is 85.0 Å². The van der Waals surface area contributed by atoms with Crippen LogP contribution in [0, 0.1) is 0 Å². The molecule has 0 aliphatic carbocycles. The molecule has 2 aliphatic heterocycles. The number of likely N-dealkylation sites (N-methyl/N-ethyl adjacent to an activating group) is 1. The molecule has 2 atom stereocenters. The highest BCUT2D eigenvalue weighted by Gasteiger charge is 2.31. The Hall–Kier alpha value is -8.33. The Balaban J connectivity index is 1.08. The number of aliphatic imine (C=N–C) groups is 1. The van der Waals surface area contributed by atoms with Gasteiger partial charge < -0.3 is 44.0 Å². The van der Waals surface area contributed by atoms with Crippen molar-refractivity contribution in [1.82, 2.24) is 5.32 Å². The van der Waals surface area contributed by atoms with Crippen molar-refractivity contribution in [3.8, 4) is 34.1 Å². The fourth-order valence-electron chi connectivity index (χ4n) is 8.66. The lowest BCUT2D eigenvalue weighted by atomic mass is 9.91. The molecule has 2 N–H and O–H groups in total. The van der Waals surface area contributed by atoms with E-state index in [-0.39, 0.29) is 38.0 Å². The predicted octanol–water partition coefficient (Wildman–Crippen LogP) is 8.75. The number of methoxy groups -OCH3 is 3. The van der Waals surface area contributed by atoms with Gasteiger partial charge in [-0.25, -0.2) is 9.59 Å². The van der Waals surface area contributed by atoms with Crippen LogP contribution in [0.2, 0.25) is 0 Å². The van der Waals surface area contributed by atoms with Crippen molar-refractivity contribution in [3.63, 3.8) is 0 Å². The second-order valence-corrected chi connectivity index (χ2v) is 16.6. The zero-order valence-electron chi connectivity index (χ0n) is 39.0. The normalized spacial score (nSPS) is 14.9. The highest BCUT2D eigenvalue weighted by Crippen LogP contribution is 2.44. The molecule has 2 amide bonds. The van der Waals surface area contributed by atoms with Gasteiger partial charge in [0.25, 0.3) is 0 Å². The SMILES string of the molecule is CNc1ccc(COC(=O)N2CC(NC=O)Cc3ccccc3-c3cc(OC)c(OCc4cc(COc5cc(N=CC6Cc7ccccc7N6C)c(C=O)cc5OC)cc(C(=O)OC)c4)cc32)cc1. The van der Waals surface area contributed by atoms with Crippen molar-refractivity contribution >= 4 is 53.7 Å². The number of anilines is 3. The number of fused-ring (bicyclic) bond motifs is 4. The van der Waals surface area contributed by atoms with Gasteiger partial charge in [-0.1, -0.05) is 54.6 Å². The number of hydrogen-bond donors (Lipinski definition) is 2. The monoisotopic (exact) mass is 931 g/mol. The number of amides is 2. The lowest BCUT2D eigenvalue weighted by molar-refractivity contribution is -0.110. The third-order valence-electron chi connectivity index (χ3n) is 12.3. The Labute approximate surface area is 400 Å². The van der Waals surface area contributed by atoms with Gasteiger partial charge in [-0.2, -0.15) is 0 Å². The van der Waals surface area contributed by atoms with Crippen LogP contribution in [-0.2, 0) is 46.9 Å². The summed E-state index contributed by atoms with van der Waals surface area (Å²) < 4.78 is 35.4. The molecule has 2 aliphatic rings. The summed E-state index contributed by atoms with van der Waals surface area (Å²) in [6.07, 6.45) is 3.81. The van der Waals surface area contributed by atoms with Crippen LogP contribution >= 0.6 is 0 Å². The van der Waals surface area contributed by atoms with Crippen LogP contribution in [0.5, 0.6) is 23.0 Å². The summed E-state index contributed by atoms with van der Waals surface area (Å²) in [6.45, 7) is 0.0599. The van der Waals surface area contributed by atoms with Gasteiger partial charge in [0, 0.05) is 61.5 Å². The van der Waals surface area contributed by atoms with Gasteiger partial charge in [0.15, 0.2) is 29.3 Å². The average Bonchev–Trinajstić information content (AvgIpc) is 3.71. The molecular weight excluding hydrogens is 879 g/mol. The first-order valence-corrected chi connectivity index (χ1v) is 22.3. The lowest BCUT2D eigenvalue weighted by Crippen LogP contribution is -2.46. The van der Waals surface area contributed by atoms with Crippen LogP contribution < -0.4 is 39.4 Å². The Morgan fingerprint density at radius 2 is 1.39 bits per heavy atom. The minimum absolute atomic E-state index is 0.00639. The van der Waals surface area contributed by atoms with Crippen molar-refractivity contribution in [2.24, 2.45) is 4.99 Å². The van der Waals surface area contributed by atoms with E-state index in [1.54, 1.807) is 30.3 Å². The van der Waals surface area contributed by atoms with E-state index in [1.807, 2.05) is 93.1 Å². The number of carbonyl (C=O) groups is 4. The molecule has 6 aromatic rings. The molecule has 69 heavy (non-hydrogen) atoms. The van der Waals surface area contributed by atoms with Gasteiger partial charge in [-0.15, -0.1) is 0 Å². The van der Waals surface area contributed by atoms with Crippen LogP contribution in [0.25, 0.3) is 11.1 Å². The first-order chi connectivity index (χ1) is 33.6. The number of esters is 1. The predicted molar refractivity (Wildman–Crippen MR) is 264 cm³/mol. The van der Waals surface area contributed by atoms with Crippen LogP contribution in [0.3, 0.4) is 0 Å². The fourth-order valence-corrected chi connectivity index (χ4v) is 8.66. The zero-order chi connectivity index (χ0) is 48.4. The highest BCUT2D eigenvalue weighted by molar-refractivity contribution is 5.96. The van der Waals surface area contributed by atoms with Crippen LogP contribution in [0.4, 0.5) is 27.5 Å². The number of ether oxygens (including phenoxy) is 6. The number of benzene rings is 6. The maximum Gasteiger partial charge on any atom is 0.414 e. The molecule has 2 unspecified atom stereocenters. The van der Waals surface area contributed by atoms with Crippen LogP contribution in [0.1, 0.15) is 48.5 Å². The molecule has 0 spiro atoms. The Kier molecular flexibility index (Phi) is 14.7. The van der Waals surface area contributed by atoms with E-state index in [0.29, 0.717) is 69.5 Å². The molecule has 0 saturated heterocycles. The van der Waals surface area contributed by atoms with Gasteiger partial charge in [-0.3, -0.25) is 19.5 Å².